The van der Waals surface area contributed by atoms with Crippen molar-refractivity contribution in [3.8, 4) is 17.2 Å². The molecule has 0 bridgehead atoms. The third-order valence-electron chi connectivity index (χ3n) is 4.16. The Kier molecular flexibility index (Phi) is 4.43. The van der Waals surface area contributed by atoms with Gasteiger partial charge in [-0.05, 0) is 31.5 Å². The largest absolute Gasteiger partial charge is 0.484 e. The van der Waals surface area contributed by atoms with Gasteiger partial charge in [0.15, 0.2) is 23.8 Å². The smallest absolute Gasteiger partial charge is 0.273 e. The van der Waals surface area contributed by atoms with Gasteiger partial charge in [-0.2, -0.15) is 0 Å². The Balaban J connectivity index is 1.29. The molecule has 0 saturated carbocycles. The van der Waals surface area contributed by atoms with Crippen LogP contribution in [-0.2, 0) is 6.61 Å². The number of aromatic nitrogens is 1. The summed E-state index contributed by atoms with van der Waals surface area (Å²) in [6.07, 6.45) is 3.56. The van der Waals surface area contributed by atoms with Gasteiger partial charge < -0.3 is 29.3 Å². The van der Waals surface area contributed by atoms with Crippen LogP contribution in [0.2, 0.25) is 0 Å². The second-order valence-electron chi connectivity index (χ2n) is 5.93. The van der Waals surface area contributed by atoms with E-state index < -0.39 is 0 Å². The van der Waals surface area contributed by atoms with Gasteiger partial charge in [0.05, 0.1) is 0 Å². The molecule has 1 atom stereocenters. The first-order valence-electron chi connectivity index (χ1n) is 8.26. The molecular weight excluding hydrogens is 326 g/mol. The van der Waals surface area contributed by atoms with Crippen LogP contribution in [0.1, 0.15) is 29.2 Å². The van der Waals surface area contributed by atoms with Crippen LogP contribution in [0.3, 0.4) is 0 Å². The van der Waals surface area contributed by atoms with Crippen LogP contribution in [0.5, 0.6) is 17.2 Å². The maximum absolute atomic E-state index is 12.1. The Labute approximate surface area is 144 Å². The lowest BCUT2D eigenvalue weighted by atomic mass is 10.2. The maximum Gasteiger partial charge on any atom is 0.273 e. The highest BCUT2D eigenvalue weighted by atomic mass is 16.7. The highest BCUT2D eigenvalue weighted by Gasteiger charge is 2.18. The van der Waals surface area contributed by atoms with Gasteiger partial charge in [-0.25, -0.2) is 4.98 Å². The van der Waals surface area contributed by atoms with Crippen molar-refractivity contribution in [1.29, 1.82) is 0 Å². The number of ether oxygens (including phenoxy) is 3. The minimum atomic E-state index is -0.244. The van der Waals surface area contributed by atoms with Gasteiger partial charge in [0, 0.05) is 18.7 Å². The zero-order chi connectivity index (χ0) is 17.1. The van der Waals surface area contributed by atoms with E-state index in [4.69, 9.17) is 18.6 Å². The van der Waals surface area contributed by atoms with Gasteiger partial charge in [0.25, 0.3) is 5.91 Å². The van der Waals surface area contributed by atoms with Crippen LogP contribution < -0.4 is 24.8 Å². The number of rotatable bonds is 6. The molecule has 1 aromatic carbocycles. The molecule has 2 aliphatic rings. The normalized spacial score (nSPS) is 18.3. The summed E-state index contributed by atoms with van der Waals surface area (Å²) in [6.45, 7) is 1.94. The quantitative estimate of drug-likeness (QED) is 0.818. The molecule has 1 saturated heterocycles. The number of hydrogen-bond acceptors (Lipinski definition) is 7. The van der Waals surface area contributed by atoms with E-state index in [9.17, 15) is 4.79 Å². The van der Waals surface area contributed by atoms with Crippen LogP contribution in [-0.4, -0.2) is 36.8 Å². The van der Waals surface area contributed by atoms with Gasteiger partial charge in [0.2, 0.25) is 12.7 Å². The first kappa shape index (κ1) is 15.8. The van der Waals surface area contributed by atoms with E-state index in [2.05, 4.69) is 15.6 Å². The lowest BCUT2D eigenvalue weighted by Gasteiger charge is -2.09. The molecule has 0 radical (unpaired) electrons. The van der Waals surface area contributed by atoms with Crippen molar-refractivity contribution >= 4 is 5.91 Å². The zero-order valence-corrected chi connectivity index (χ0v) is 13.6. The van der Waals surface area contributed by atoms with Crippen LogP contribution >= 0.6 is 0 Å². The average Bonchev–Trinajstić information content (AvgIpc) is 3.39. The molecule has 2 aromatic rings. The van der Waals surface area contributed by atoms with Crippen LogP contribution in [0, 0.1) is 0 Å². The van der Waals surface area contributed by atoms with Crippen molar-refractivity contribution in [2.45, 2.75) is 25.5 Å². The van der Waals surface area contributed by atoms with Gasteiger partial charge in [-0.15, -0.1) is 0 Å². The summed E-state index contributed by atoms with van der Waals surface area (Å²) < 4.78 is 21.5. The predicted molar refractivity (Wildman–Crippen MR) is 86.8 cm³/mol. The minimum Gasteiger partial charge on any atom is -0.484 e. The summed E-state index contributed by atoms with van der Waals surface area (Å²) in [6, 6.07) is 5.64. The van der Waals surface area contributed by atoms with Gasteiger partial charge in [-0.3, -0.25) is 4.79 Å². The Morgan fingerprint density at radius 1 is 1.36 bits per heavy atom. The fourth-order valence-electron chi connectivity index (χ4n) is 2.83. The van der Waals surface area contributed by atoms with Gasteiger partial charge in [0.1, 0.15) is 12.0 Å². The molecule has 4 rings (SSSR count). The van der Waals surface area contributed by atoms with Gasteiger partial charge in [-0.1, -0.05) is 0 Å². The summed E-state index contributed by atoms with van der Waals surface area (Å²) in [5.41, 5.74) is 0.252. The highest BCUT2D eigenvalue weighted by molar-refractivity contribution is 5.91. The zero-order valence-electron chi connectivity index (χ0n) is 13.6. The number of benzene rings is 1. The summed E-state index contributed by atoms with van der Waals surface area (Å²) >= 11 is 0. The molecule has 3 heterocycles. The maximum atomic E-state index is 12.1. The molecule has 1 amide bonds. The Morgan fingerprint density at radius 2 is 2.28 bits per heavy atom. The average molecular weight is 345 g/mol. The second-order valence-corrected chi connectivity index (χ2v) is 5.93. The number of carbonyl (C=O) groups is 1. The van der Waals surface area contributed by atoms with E-state index in [1.807, 2.05) is 0 Å². The molecule has 25 heavy (non-hydrogen) atoms. The van der Waals surface area contributed by atoms with E-state index >= 15 is 0 Å². The van der Waals surface area contributed by atoms with Gasteiger partial charge >= 0.3 is 0 Å². The monoisotopic (exact) mass is 345 g/mol. The number of nitrogens with zero attached hydrogens (tertiary/aromatic N) is 1. The summed E-state index contributed by atoms with van der Waals surface area (Å²) in [7, 11) is 0. The van der Waals surface area contributed by atoms with E-state index in [0.29, 0.717) is 35.7 Å². The topological polar surface area (TPSA) is 94.9 Å². The van der Waals surface area contributed by atoms with E-state index in [-0.39, 0.29) is 25.0 Å². The summed E-state index contributed by atoms with van der Waals surface area (Å²) in [4.78, 5) is 16.2. The number of carbonyl (C=O) groups excluding carboxylic acids is 1. The third kappa shape index (κ3) is 3.69. The standard InChI is InChI=1S/C17H19N3O5/c21-17(19-7-11-2-1-5-18-11)13-8-23-16(20-13)9-22-12-3-4-14-15(6-12)25-10-24-14/h3-4,6,8,11,18H,1-2,5,7,9-10H2,(H,19,21)/t11-/m0/s1. The van der Waals surface area contributed by atoms with Crippen LogP contribution in [0.15, 0.2) is 28.9 Å². The second kappa shape index (κ2) is 7.02. The van der Waals surface area contributed by atoms with Crippen molar-refractivity contribution in [3.63, 3.8) is 0 Å². The first-order valence-corrected chi connectivity index (χ1v) is 8.26. The molecule has 8 heteroatoms. The summed E-state index contributed by atoms with van der Waals surface area (Å²) in [5, 5.41) is 6.19. The molecule has 0 spiro atoms. The number of fused-ring (bicyclic) bond motifs is 1. The Morgan fingerprint density at radius 3 is 3.16 bits per heavy atom. The number of hydrogen-bond donors (Lipinski definition) is 2. The van der Waals surface area contributed by atoms with E-state index in [1.54, 1.807) is 18.2 Å². The molecule has 2 N–H and O–H groups in total. The molecular formula is C17H19N3O5. The Hall–Kier alpha value is -2.74. The first-order chi connectivity index (χ1) is 12.3. The number of amides is 1. The van der Waals surface area contributed by atoms with Crippen molar-refractivity contribution in [3.05, 3.63) is 36.0 Å². The molecule has 1 aromatic heterocycles. The highest BCUT2D eigenvalue weighted by Crippen LogP contribution is 2.35. The molecule has 132 valence electrons. The molecule has 0 unspecified atom stereocenters. The van der Waals surface area contributed by atoms with E-state index in [1.165, 1.54) is 6.26 Å². The predicted octanol–water partition coefficient (Wildman–Crippen LogP) is 1.46. The third-order valence-corrected chi connectivity index (χ3v) is 4.16. The van der Waals surface area contributed by atoms with Crippen molar-refractivity contribution in [2.75, 3.05) is 19.9 Å². The van der Waals surface area contributed by atoms with E-state index in [0.717, 1.165) is 19.4 Å². The van der Waals surface area contributed by atoms with Crippen molar-refractivity contribution in [1.82, 2.24) is 15.6 Å². The summed E-state index contributed by atoms with van der Waals surface area (Å²) in [5.74, 6) is 2.04. The van der Waals surface area contributed by atoms with Crippen LogP contribution in [0.4, 0.5) is 0 Å². The SMILES string of the molecule is O=C(NC[C@@H]1CCCN1)c1coc(COc2ccc3c(c2)OCO3)n1. The fraction of sp³-hybridized carbons (Fsp3) is 0.412. The molecule has 0 aliphatic carbocycles. The molecule has 1 fully saturated rings. The Bertz CT molecular complexity index is 754. The number of oxazole rings is 1. The molecule has 8 nitrogen and oxygen atoms in total. The minimum absolute atomic E-state index is 0.122. The molecule has 2 aliphatic heterocycles. The lowest BCUT2D eigenvalue weighted by Crippen LogP contribution is -2.37. The lowest BCUT2D eigenvalue weighted by molar-refractivity contribution is 0.0945. The fourth-order valence-corrected chi connectivity index (χ4v) is 2.83. The van der Waals surface area contributed by atoms with Crippen molar-refractivity contribution in [2.24, 2.45) is 0 Å². The van der Waals surface area contributed by atoms with Crippen molar-refractivity contribution < 1.29 is 23.4 Å². The number of nitrogens with one attached hydrogen (secondary N) is 2. The van der Waals surface area contributed by atoms with Crippen LogP contribution in [0.25, 0.3) is 0 Å².